The fourth-order valence-electron chi connectivity index (χ4n) is 3.80. The average Bonchev–Trinajstić information content (AvgIpc) is 3.41. The molecule has 0 aliphatic carbocycles. The molecular formula is C19H25ClIN5O2. The first-order chi connectivity index (χ1) is 13.2. The maximum absolute atomic E-state index is 6.02. The van der Waals surface area contributed by atoms with Crippen LogP contribution in [0.15, 0.2) is 33.8 Å². The Morgan fingerprint density at radius 3 is 3.04 bits per heavy atom. The van der Waals surface area contributed by atoms with Crippen LogP contribution in [0.25, 0.3) is 11.4 Å². The van der Waals surface area contributed by atoms with Crippen molar-refractivity contribution in [3.05, 3.63) is 35.2 Å². The Morgan fingerprint density at radius 2 is 2.29 bits per heavy atom. The quantitative estimate of drug-likeness (QED) is 0.381. The summed E-state index contributed by atoms with van der Waals surface area (Å²) in [4.78, 5) is 11.2. The van der Waals surface area contributed by atoms with E-state index in [2.05, 4.69) is 25.3 Å². The van der Waals surface area contributed by atoms with Crippen LogP contribution < -0.4 is 5.32 Å². The fourth-order valence-corrected chi connectivity index (χ4v) is 3.99. The molecule has 1 aromatic heterocycles. The number of halogens is 2. The van der Waals surface area contributed by atoms with Crippen LogP contribution in [0.1, 0.15) is 18.7 Å². The highest BCUT2D eigenvalue weighted by atomic mass is 127. The molecular weight excluding hydrogens is 493 g/mol. The molecule has 1 atom stereocenters. The predicted octanol–water partition coefficient (Wildman–Crippen LogP) is 3.24. The third kappa shape index (κ3) is 4.77. The molecule has 2 aliphatic heterocycles. The van der Waals surface area contributed by atoms with E-state index in [1.165, 1.54) is 6.42 Å². The largest absolute Gasteiger partial charge is 0.381 e. The SMILES string of the molecule is CN=C(NCCc1nc(-c2cccc(Cl)c2)no1)N1CCC2(CCOC2)C1.I. The van der Waals surface area contributed by atoms with Crippen LogP contribution in [-0.2, 0) is 11.2 Å². The van der Waals surface area contributed by atoms with Crippen molar-refractivity contribution < 1.29 is 9.26 Å². The number of nitrogens with one attached hydrogen (secondary N) is 1. The molecule has 0 saturated carbocycles. The topological polar surface area (TPSA) is 75.8 Å². The molecule has 0 radical (unpaired) electrons. The van der Waals surface area contributed by atoms with Crippen molar-refractivity contribution in [2.45, 2.75) is 19.3 Å². The van der Waals surface area contributed by atoms with Crippen molar-refractivity contribution in [3.63, 3.8) is 0 Å². The standard InChI is InChI=1S/C19H24ClN5O2.HI/c1-21-18(25-9-6-19(12-25)7-10-26-13-19)22-8-5-16-23-17(24-27-16)14-3-2-4-15(20)11-14;/h2-4,11H,5-10,12-13H2,1H3,(H,21,22);1H. The molecule has 3 heterocycles. The first-order valence-electron chi connectivity index (χ1n) is 9.29. The maximum Gasteiger partial charge on any atom is 0.228 e. The van der Waals surface area contributed by atoms with Gasteiger partial charge in [-0.15, -0.1) is 24.0 Å². The monoisotopic (exact) mass is 517 g/mol. The van der Waals surface area contributed by atoms with E-state index in [1.807, 2.05) is 31.3 Å². The first-order valence-corrected chi connectivity index (χ1v) is 9.67. The minimum absolute atomic E-state index is 0. The number of guanidine groups is 1. The molecule has 0 amide bonds. The lowest BCUT2D eigenvalue weighted by Crippen LogP contribution is -2.42. The van der Waals surface area contributed by atoms with Gasteiger partial charge in [0.25, 0.3) is 0 Å². The van der Waals surface area contributed by atoms with Crippen LogP contribution >= 0.6 is 35.6 Å². The average molecular weight is 518 g/mol. The van der Waals surface area contributed by atoms with Crippen molar-refractivity contribution in [3.8, 4) is 11.4 Å². The summed E-state index contributed by atoms with van der Waals surface area (Å²) in [7, 11) is 1.82. The van der Waals surface area contributed by atoms with E-state index >= 15 is 0 Å². The lowest BCUT2D eigenvalue weighted by molar-refractivity contribution is 0.156. The molecule has 4 rings (SSSR count). The van der Waals surface area contributed by atoms with Crippen LogP contribution in [0.3, 0.4) is 0 Å². The molecule has 2 aromatic rings. The summed E-state index contributed by atoms with van der Waals surface area (Å²) < 4.78 is 11.0. The van der Waals surface area contributed by atoms with Gasteiger partial charge in [-0.25, -0.2) is 0 Å². The van der Waals surface area contributed by atoms with Gasteiger partial charge >= 0.3 is 0 Å². The molecule has 2 aliphatic rings. The highest BCUT2D eigenvalue weighted by Crippen LogP contribution is 2.38. The van der Waals surface area contributed by atoms with Crippen LogP contribution in [0, 0.1) is 5.41 Å². The third-order valence-electron chi connectivity index (χ3n) is 5.31. The second-order valence-electron chi connectivity index (χ2n) is 7.22. The zero-order valence-electron chi connectivity index (χ0n) is 15.9. The van der Waals surface area contributed by atoms with E-state index in [9.17, 15) is 0 Å². The molecule has 1 unspecified atom stereocenters. The summed E-state index contributed by atoms with van der Waals surface area (Å²) >= 11 is 6.02. The number of aliphatic imine (C=N–C) groups is 1. The van der Waals surface area contributed by atoms with E-state index in [0.29, 0.717) is 35.1 Å². The molecule has 1 N–H and O–H groups in total. The molecule has 7 nitrogen and oxygen atoms in total. The minimum Gasteiger partial charge on any atom is -0.381 e. The lowest BCUT2D eigenvalue weighted by atomic mass is 9.87. The van der Waals surface area contributed by atoms with E-state index in [-0.39, 0.29) is 24.0 Å². The van der Waals surface area contributed by atoms with Gasteiger partial charge in [0.2, 0.25) is 11.7 Å². The zero-order chi connectivity index (χ0) is 18.7. The summed E-state index contributed by atoms with van der Waals surface area (Å²) in [5.41, 5.74) is 1.16. The van der Waals surface area contributed by atoms with Crippen LogP contribution in [0.5, 0.6) is 0 Å². The summed E-state index contributed by atoms with van der Waals surface area (Å²) in [5.74, 6) is 2.07. The number of likely N-dealkylation sites (tertiary alicyclic amines) is 1. The van der Waals surface area contributed by atoms with Crippen LogP contribution in [-0.4, -0.2) is 60.9 Å². The van der Waals surface area contributed by atoms with Gasteiger partial charge in [0.1, 0.15) is 0 Å². The molecule has 9 heteroatoms. The second kappa shape index (κ2) is 9.41. The van der Waals surface area contributed by atoms with E-state index in [0.717, 1.165) is 44.2 Å². The van der Waals surface area contributed by atoms with E-state index in [4.69, 9.17) is 20.9 Å². The molecule has 28 heavy (non-hydrogen) atoms. The highest BCUT2D eigenvalue weighted by Gasteiger charge is 2.42. The molecule has 0 bridgehead atoms. The molecule has 1 spiro atoms. The van der Waals surface area contributed by atoms with Gasteiger partial charge in [-0.05, 0) is 25.0 Å². The van der Waals surface area contributed by atoms with E-state index in [1.54, 1.807) is 0 Å². The maximum atomic E-state index is 6.02. The molecule has 152 valence electrons. The van der Waals surface area contributed by atoms with Crippen molar-refractivity contribution in [2.75, 3.05) is 39.9 Å². The fraction of sp³-hybridized carbons (Fsp3) is 0.526. The van der Waals surface area contributed by atoms with Crippen LogP contribution in [0.2, 0.25) is 5.02 Å². The number of benzene rings is 1. The Labute approximate surface area is 186 Å². The lowest BCUT2D eigenvalue weighted by Gasteiger charge is -2.24. The van der Waals surface area contributed by atoms with Crippen molar-refractivity contribution in [1.82, 2.24) is 20.4 Å². The van der Waals surface area contributed by atoms with Gasteiger partial charge in [0.05, 0.1) is 6.61 Å². The number of rotatable bonds is 4. The number of hydrogen-bond donors (Lipinski definition) is 1. The van der Waals surface area contributed by atoms with E-state index < -0.39 is 0 Å². The van der Waals surface area contributed by atoms with Crippen molar-refractivity contribution >= 4 is 41.5 Å². The second-order valence-corrected chi connectivity index (χ2v) is 7.66. The summed E-state index contributed by atoms with van der Waals surface area (Å²) in [6.45, 7) is 4.46. The van der Waals surface area contributed by atoms with Crippen LogP contribution in [0.4, 0.5) is 0 Å². The smallest absolute Gasteiger partial charge is 0.228 e. The summed E-state index contributed by atoms with van der Waals surface area (Å²) in [5, 5.41) is 8.11. The number of nitrogens with zero attached hydrogens (tertiary/aromatic N) is 4. The zero-order valence-corrected chi connectivity index (χ0v) is 18.9. The number of hydrogen-bond acceptors (Lipinski definition) is 5. The van der Waals surface area contributed by atoms with Gasteiger partial charge < -0.3 is 19.5 Å². The van der Waals surface area contributed by atoms with Crippen molar-refractivity contribution in [2.24, 2.45) is 10.4 Å². The third-order valence-corrected chi connectivity index (χ3v) is 5.54. The molecule has 1 aromatic carbocycles. The van der Waals surface area contributed by atoms with Gasteiger partial charge in [0.15, 0.2) is 5.96 Å². The highest BCUT2D eigenvalue weighted by molar-refractivity contribution is 14.0. The normalized spacial score (nSPS) is 21.9. The Balaban J connectivity index is 0.00000225. The molecule has 2 saturated heterocycles. The minimum atomic E-state index is 0. The van der Waals surface area contributed by atoms with Crippen molar-refractivity contribution in [1.29, 1.82) is 0 Å². The Hall–Kier alpha value is -1.39. The Bertz CT molecular complexity index is 822. The summed E-state index contributed by atoms with van der Waals surface area (Å²) in [6.07, 6.45) is 2.95. The van der Waals surface area contributed by atoms with Gasteiger partial charge in [-0.2, -0.15) is 4.98 Å². The number of aromatic nitrogens is 2. The number of ether oxygens (including phenoxy) is 1. The van der Waals surface area contributed by atoms with Gasteiger partial charge in [-0.3, -0.25) is 4.99 Å². The Morgan fingerprint density at radius 1 is 1.39 bits per heavy atom. The predicted molar refractivity (Wildman–Crippen MR) is 119 cm³/mol. The Kier molecular flexibility index (Phi) is 7.16. The molecule has 2 fully saturated rings. The summed E-state index contributed by atoms with van der Waals surface area (Å²) in [6, 6.07) is 7.43. The van der Waals surface area contributed by atoms with Gasteiger partial charge in [0, 0.05) is 55.7 Å². The first kappa shape index (κ1) is 21.3. The van der Waals surface area contributed by atoms with Gasteiger partial charge in [-0.1, -0.05) is 28.9 Å².